The van der Waals surface area contributed by atoms with Crippen molar-refractivity contribution in [1.29, 1.82) is 0 Å². The number of hydrogen-bond donors (Lipinski definition) is 0. The van der Waals surface area contributed by atoms with Crippen LogP contribution < -0.4 is 0 Å². The first-order valence-corrected chi connectivity index (χ1v) is 8.16. The smallest absolute Gasteiger partial charge is 0.227 e. The van der Waals surface area contributed by atoms with E-state index >= 15 is 0 Å². The van der Waals surface area contributed by atoms with E-state index in [0.29, 0.717) is 6.42 Å². The molecule has 4 heteroatoms. The van der Waals surface area contributed by atoms with Gasteiger partial charge in [0.25, 0.3) is 0 Å². The Hall–Kier alpha value is -2.20. The summed E-state index contributed by atoms with van der Waals surface area (Å²) in [5, 5.41) is 0. The lowest BCUT2D eigenvalue weighted by molar-refractivity contribution is -0.132. The first-order valence-electron chi connectivity index (χ1n) is 8.16. The van der Waals surface area contributed by atoms with E-state index in [1.54, 1.807) is 0 Å². The maximum absolute atomic E-state index is 12.5. The average Bonchev–Trinajstić information content (AvgIpc) is 2.58. The third-order valence-electron chi connectivity index (χ3n) is 4.48. The zero-order valence-electron chi connectivity index (χ0n) is 13.6. The molecule has 1 aliphatic heterocycles. The van der Waals surface area contributed by atoms with Crippen LogP contribution in [0.2, 0.25) is 0 Å². The molecule has 0 bridgehead atoms. The molecule has 1 aromatic heterocycles. The largest absolute Gasteiger partial charge is 0.340 e. The van der Waals surface area contributed by atoms with E-state index in [1.807, 2.05) is 35.5 Å². The van der Waals surface area contributed by atoms with Gasteiger partial charge in [-0.15, -0.1) is 0 Å². The lowest BCUT2D eigenvalue weighted by Crippen LogP contribution is -2.48. The second kappa shape index (κ2) is 7.38. The Bertz CT molecular complexity index is 649. The Labute approximate surface area is 137 Å². The number of hydrogen-bond acceptors (Lipinski definition) is 3. The standard InChI is InChI=1S/C19H23N3O/c1-16-4-2-3-5-18(16)14-19(23)22-12-10-21(11-13-22)15-17-6-8-20-9-7-17/h2-9H,10-15H2,1H3. The van der Waals surface area contributed by atoms with E-state index in [9.17, 15) is 4.79 Å². The summed E-state index contributed by atoms with van der Waals surface area (Å²) in [6.07, 6.45) is 4.17. The van der Waals surface area contributed by atoms with Gasteiger partial charge in [-0.2, -0.15) is 0 Å². The minimum atomic E-state index is 0.239. The molecule has 1 saturated heterocycles. The Morgan fingerprint density at radius 2 is 1.74 bits per heavy atom. The van der Waals surface area contributed by atoms with Crippen molar-refractivity contribution >= 4 is 5.91 Å². The predicted octanol–water partition coefficient (Wildman–Crippen LogP) is 2.28. The molecule has 0 saturated carbocycles. The molecule has 2 heterocycles. The molecular weight excluding hydrogens is 286 g/mol. The van der Waals surface area contributed by atoms with Crippen LogP contribution in [-0.4, -0.2) is 46.9 Å². The topological polar surface area (TPSA) is 36.4 Å². The van der Waals surface area contributed by atoms with Crippen molar-refractivity contribution in [2.45, 2.75) is 19.9 Å². The van der Waals surface area contributed by atoms with E-state index in [0.717, 1.165) is 38.3 Å². The average molecular weight is 309 g/mol. The van der Waals surface area contributed by atoms with Crippen molar-refractivity contribution in [1.82, 2.24) is 14.8 Å². The molecule has 2 aromatic rings. The number of aromatic nitrogens is 1. The van der Waals surface area contributed by atoms with Gasteiger partial charge in [0, 0.05) is 45.1 Å². The molecule has 0 atom stereocenters. The van der Waals surface area contributed by atoms with Crippen molar-refractivity contribution in [3.05, 3.63) is 65.5 Å². The lowest BCUT2D eigenvalue weighted by Gasteiger charge is -2.35. The van der Waals surface area contributed by atoms with E-state index in [-0.39, 0.29) is 5.91 Å². The van der Waals surface area contributed by atoms with Crippen LogP contribution in [0.15, 0.2) is 48.8 Å². The normalized spacial score (nSPS) is 15.6. The van der Waals surface area contributed by atoms with Crippen molar-refractivity contribution in [2.75, 3.05) is 26.2 Å². The fourth-order valence-corrected chi connectivity index (χ4v) is 2.98. The summed E-state index contributed by atoms with van der Waals surface area (Å²) in [7, 11) is 0. The van der Waals surface area contributed by atoms with E-state index in [4.69, 9.17) is 0 Å². The highest BCUT2D eigenvalue weighted by atomic mass is 16.2. The summed E-state index contributed by atoms with van der Waals surface area (Å²) in [6.45, 7) is 6.49. The molecule has 120 valence electrons. The zero-order valence-corrected chi connectivity index (χ0v) is 13.6. The van der Waals surface area contributed by atoms with Crippen LogP contribution in [-0.2, 0) is 17.8 Å². The number of pyridine rings is 1. The summed E-state index contributed by atoms with van der Waals surface area (Å²) < 4.78 is 0. The van der Waals surface area contributed by atoms with Crippen LogP contribution in [0.25, 0.3) is 0 Å². The quantitative estimate of drug-likeness (QED) is 0.869. The van der Waals surface area contributed by atoms with Gasteiger partial charge >= 0.3 is 0 Å². The molecule has 0 unspecified atom stereocenters. The van der Waals surface area contributed by atoms with Gasteiger partial charge in [0.2, 0.25) is 5.91 Å². The Morgan fingerprint density at radius 1 is 1.04 bits per heavy atom. The Kier molecular flexibility index (Phi) is 5.03. The summed E-state index contributed by atoms with van der Waals surface area (Å²) in [4.78, 5) is 20.9. The van der Waals surface area contributed by atoms with Gasteiger partial charge in [-0.25, -0.2) is 0 Å². The van der Waals surface area contributed by atoms with Crippen molar-refractivity contribution in [3.63, 3.8) is 0 Å². The van der Waals surface area contributed by atoms with E-state index < -0.39 is 0 Å². The van der Waals surface area contributed by atoms with Crippen LogP contribution in [0.3, 0.4) is 0 Å². The highest BCUT2D eigenvalue weighted by Gasteiger charge is 2.21. The van der Waals surface area contributed by atoms with Gasteiger partial charge < -0.3 is 4.90 Å². The lowest BCUT2D eigenvalue weighted by atomic mass is 10.1. The zero-order chi connectivity index (χ0) is 16.1. The van der Waals surface area contributed by atoms with Gasteiger partial charge in [-0.1, -0.05) is 24.3 Å². The van der Waals surface area contributed by atoms with Gasteiger partial charge in [-0.3, -0.25) is 14.7 Å². The molecule has 4 nitrogen and oxygen atoms in total. The van der Waals surface area contributed by atoms with Crippen LogP contribution in [0.1, 0.15) is 16.7 Å². The molecule has 23 heavy (non-hydrogen) atoms. The molecule has 0 aliphatic carbocycles. The maximum atomic E-state index is 12.5. The summed E-state index contributed by atoms with van der Waals surface area (Å²) in [6, 6.07) is 12.2. The number of benzene rings is 1. The number of aryl methyl sites for hydroxylation is 1. The minimum Gasteiger partial charge on any atom is -0.340 e. The van der Waals surface area contributed by atoms with Crippen molar-refractivity contribution < 1.29 is 4.79 Å². The second-order valence-corrected chi connectivity index (χ2v) is 6.12. The van der Waals surface area contributed by atoms with Crippen LogP contribution in [0, 0.1) is 6.92 Å². The summed E-state index contributed by atoms with van der Waals surface area (Å²) in [5.74, 6) is 0.239. The molecule has 0 radical (unpaired) electrons. The fourth-order valence-electron chi connectivity index (χ4n) is 2.98. The number of rotatable bonds is 4. The number of carbonyl (C=O) groups excluding carboxylic acids is 1. The predicted molar refractivity (Wildman–Crippen MR) is 91.0 cm³/mol. The van der Waals surface area contributed by atoms with E-state index in [1.165, 1.54) is 11.1 Å². The summed E-state index contributed by atoms with van der Waals surface area (Å²) >= 11 is 0. The minimum absolute atomic E-state index is 0.239. The van der Waals surface area contributed by atoms with Crippen molar-refractivity contribution in [3.8, 4) is 0 Å². The number of nitrogens with zero attached hydrogens (tertiary/aromatic N) is 3. The molecule has 0 spiro atoms. The van der Waals surface area contributed by atoms with Crippen molar-refractivity contribution in [2.24, 2.45) is 0 Å². The van der Waals surface area contributed by atoms with Crippen LogP contribution >= 0.6 is 0 Å². The first kappa shape index (κ1) is 15.7. The van der Waals surface area contributed by atoms with Gasteiger partial charge in [0.1, 0.15) is 0 Å². The fraction of sp³-hybridized carbons (Fsp3) is 0.368. The second-order valence-electron chi connectivity index (χ2n) is 6.12. The molecule has 1 aliphatic rings. The highest BCUT2D eigenvalue weighted by molar-refractivity contribution is 5.79. The first-order chi connectivity index (χ1) is 11.2. The van der Waals surface area contributed by atoms with Crippen LogP contribution in [0.5, 0.6) is 0 Å². The molecule has 1 aromatic carbocycles. The third-order valence-corrected chi connectivity index (χ3v) is 4.48. The summed E-state index contributed by atoms with van der Waals surface area (Å²) in [5.41, 5.74) is 3.61. The van der Waals surface area contributed by atoms with E-state index in [2.05, 4.69) is 35.0 Å². The molecular formula is C19H23N3O. The number of carbonyl (C=O) groups is 1. The molecule has 1 fully saturated rings. The van der Waals surface area contributed by atoms with Gasteiger partial charge in [0.15, 0.2) is 0 Å². The highest BCUT2D eigenvalue weighted by Crippen LogP contribution is 2.12. The Morgan fingerprint density at radius 3 is 2.43 bits per heavy atom. The number of piperazine rings is 1. The SMILES string of the molecule is Cc1ccccc1CC(=O)N1CCN(Cc2ccncc2)CC1. The maximum Gasteiger partial charge on any atom is 0.227 e. The van der Waals surface area contributed by atoms with Gasteiger partial charge in [-0.05, 0) is 35.7 Å². The Balaban J connectivity index is 1.50. The molecule has 1 amide bonds. The number of amides is 1. The molecule has 3 rings (SSSR count). The van der Waals surface area contributed by atoms with Crippen LogP contribution in [0.4, 0.5) is 0 Å². The third kappa shape index (κ3) is 4.17. The van der Waals surface area contributed by atoms with Gasteiger partial charge in [0.05, 0.1) is 6.42 Å². The molecule has 0 N–H and O–H groups in total. The monoisotopic (exact) mass is 309 g/mol.